The van der Waals surface area contributed by atoms with Gasteiger partial charge >= 0.3 is 0 Å². The fourth-order valence-corrected chi connectivity index (χ4v) is 1.31. The Kier molecular flexibility index (Phi) is 2.97. The van der Waals surface area contributed by atoms with Crippen LogP contribution in [0.1, 0.15) is 45.1 Å². The Morgan fingerprint density at radius 2 is 2.07 bits per heavy atom. The molecular formula is C10H18N2O2. The molecule has 1 rings (SSSR count). The zero-order chi connectivity index (χ0) is 10.9. The summed E-state index contributed by atoms with van der Waals surface area (Å²) in [5.41, 5.74) is 6.14. The first kappa shape index (κ1) is 11.2. The van der Waals surface area contributed by atoms with Gasteiger partial charge in [-0.05, 0) is 6.92 Å². The largest absolute Gasteiger partial charge is 0.387 e. The Balaban J connectivity index is 3.05. The van der Waals surface area contributed by atoms with Gasteiger partial charge in [-0.2, -0.15) is 0 Å². The van der Waals surface area contributed by atoms with Crippen LogP contribution in [0.2, 0.25) is 0 Å². The van der Waals surface area contributed by atoms with Crippen molar-refractivity contribution in [2.45, 2.75) is 45.3 Å². The van der Waals surface area contributed by atoms with E-state index in [4.69, 9.17) is 10.3 Å². The van der Waals surface area contributed by atoms with E-state index in [0.29, 0.717) is 11.3 Å². The number of hydrogen-bond acceptors (Lipinski definition) is 4. The second kappa shape index (κ2) is 3.71. The van der Waals surface area contributed by atoms with Crippen molar-refractivity contribution in [2.24, 2.45) is 5.73 Å². The predicted octanol–water partition coefficient (Wildman–Crippen LogP) is 1.35. The molecule has 2 atom stereocenters. The Morgan fingerprint density at radius 1 is 1.50 bits per heavy atom. The van der Waals surface area contributed by atoms with E-state index >= 15 is 0 Å². The molecule has 3 N–H and O–H groups in total. The second-order valence-electron chi connectivity index (χ2n) is 4.66. The Hall–Kier alpha value is -0.870. The highest BCUT2D eigenvalue weighted by Gasteiger charge is 2.28. The van der Waals surface area contributed by atoms with Gasteiger partial charge in [0.2, 0.25) is 0 Å². The van der Waals surface area contributed by atoms with Crippen molar-refractivity contribution in [3.63, 3.8) is 0 Å². The van der Waals surface area contributed by atoms with Crippen LogP contribution < -0.4 is 5.73 Å². The van der Waals surface area contributed by atoms with Gasteiger partial charge < -0.3 is 15.4 Å². The fraction of sp³-hybridized carbons (Fsp3) is 0.700. The van der Waals surface area contributed by atoms with Crippen molar-refractivity contribution in [1.29, 1.82) is 0 Å². The van der Waals surface area contributed by atoms with Crippen LogP contribution in [-0.4, -0.2) is 16.3 Å². The zero-order valence-electron chi connectivity index (χ0n) is 9.11. The molecule has 0 aliphatic carbocycles. The summed E-state index contributed by atoms with van der Waals surface area (Å²) in [6, 6.07) is -0.324. The summed E-state index contributed by atoms with van der Waals surface area (Å²) in [6.45, 7) is 7.77. The molecule has 80 valence electrons. The van der Waals surface area contributed by atoms with Gasteiger partial charge in [-0.25, -0.2) is 0 Å². The van der Waals surface area contributed by atoms with Crippen LogP contribution in [-0.2, 0) is 5.41 Å². The average molecular weight is 198 g/mol. The highest BCUT2D eigenvalue weighted by Crippen LogP contribution is 2.30. The smallest absolute Gasteiger partial charge is 0.147 e. The third kappa shape index (κ3) is 2.13. The maximum absolute atomic E-state index is 9.81. The molecule has 4 heteroatoms. The lowest BCUT2D eigenvalue weighted by atomic mass is 9.88. The van der Waals surface area contributed by atoms with E-state index in [1.165, 1.54) is 6.20 Å². The zero-order valence-corrected chi connectivity index (χ0v) is 9.11. The lowest BCUT2D eigenvalue weighted by Gasteiger charge is -2.20. The first-order valence-corrected chi connectivity index (χ1v) is 4.72. The highest BCUT2D eigenvalue weighted by molar-refractivity contribution is 5.23. The van der Waals surface area contributed by atoms with Crippen LogP contribution in [0, 0.1) is 0 Å². The van der Waals surface area contributed by atoms with Crippen molar-refractivity contribution in [3.8, 4) is 0 Å². The molecule has 4 nitrogen and oxygen atoms in total. The normalized spacial score (nSPS) is 16.7. The molecule has 0 amide bonds. The molecule has 0 spiro atoms. The van der Waals surface area contributed by atoms with E-state index in [0.717, 1.165) is 0 Å². The highest BCUT2D eigenvalue weighted by atomic mass is 16.5. The van der Waals surface area contributed by atoms with Gasteiger partial charge in [0.25, 0.3) is 0 Å². The Bertz CT molecular complexity index is 299. The van der Waals surface area contributed by atoms with E-state index in [9.17, 15) is 5.11 Å². The van der Waals surface area contributed by atoms with Crippen molar-refractivity contribution in [3.05, 3.63) is 17.5 Å². The minimum Gasteiger partial charge on any atom is -0.387 e. The van der Waals surface area contributed by atoms with Crippen molar-refractivity contribution >= 4 is 0 Å². The number of nitrogens with two attached hydrogens (primary N) is 1. The van der Waals surface area contributed by atoms with Gasteiger partial charge in [-0.15, -0.1) is 0 Å². The first-order chi connectivity index (χ1) is 6.34. The molecule has 0 saturated carbocycles. The summed E-state index contributed by atoms with van der Waals surface area (Å²) < 4.78 is 5.13. The van der Waals surface area contributed by atoms with Crippen LogP contribution in [0.5, 0.6) is 0 Å². The molecule has 0 aromatic carbocycles. The number of aliphatic hydroxyl groups is 1. The van der Waals surface area contributed by atoms with Crippen LogP contribution in [0.4, 0.5) is 0 Å². The predicted molar refractivity (Wildman–Crippen MR) is 53.8 cm³/mol. The van der Waals surface area contributed by atoms with Crippen molar-refractivity contribution in [1.82, 2.24) is 5.16 Å². The van der Waals surface area contributed by atoms with E-state index in [1.807, 2.05) is 20.8 Å². The average Bonchev–Trinajstić information content (AvgIpc) is 2.48. The summed E-state index contributed by atoms with van der Waals surface area (Å²) in [7, 11) is 0. The summed E-state index contributed by atoms with van der Waals surface area (Å²) in [5, 5.41) is 13.5. The third-order valence-corrected chi connectivity index (χ3v) is 2.10. The lowest BCUT2D eigenvalue weighted by molar-refractivity contribution is 0.148. The van der Waals surface area contributed by atoms with Gasteiger partial charge in [0.15, 0.2) is 0 Å². The number of aromatic nitrogens is 1. The standard InChI is InChI=1S/C10H18N2O2/c1-6(11)8(13)7-5-12-14-9(7)10(2,3)4/h5-6,8,13H,11H2,1-4H3. The monoisotopic (exact) mass is 198 g/mol. The van der Waals surface area contributed by atoms with E-state index in [1.54, 1.807) is 6.92 Å². The maximum Gasteiger partial charge on any atom is 0.147 e. The molecule has 1 heterocycles. The summed E-state index contributed by atoms with van der Waals surface area (Å²) in [4.78, 5) is 0. The number of nitrogens with zero attached hydrogens (tertiary/aromatic N) is 1. The SMILES string of the molecule is CC(N)C(O)c1cnoc1C(C)(C)C. The summed E-state index contributed by atoms with van der Waals surface area (Å²) in [6.07, 6.45) is 0.824. The summed E-state index contributed by atoms with van der Waals surface area (Å²) in [5.74, 6) is 0.697. The second-order valence-corrected chi connectivity index (χ2v) is 4.66. The number of aliphatic hydroxyl groups excluding tert-OH is 1. The maximum atomic E-state index is 9.81. The minimum atomic E-state index is -0.713. The Labute approximate surface area is 84.1 Å². The lowest BCUT2D eigenvalue weighted by Crippen LogP contribution is -2.26. The van der Waals surface area contributed by atoms with Gasteiger partial charge in [0.1, 0.15) is 5.76 Å². The van der Waals surface area contributed by atoms with E-state index in [-0.39, 0.29) is 11.5 Å². The van der Waals surface area contributed by atoms with Gasteiger partial charge in [-0.3, -0.25) is 0 Å². The van der Waals surface area contributed by atoms with Gasteiger partial charge in [-0.1, -0.05) is 25.9 Å². The molecular weight excluding hydrogens is 180 g/mol. The van der Waals surface area contributed by atoms with Crippen LogP contribution in [0.3, 0.4) is 0 Å². The molecule has 0 radical (unpaired) electrons. The number of hydrogen-bond donors (Lipinski definition) is 2. The number of rotatable bonds is 2. The Morgan fingerprint density at radius 3 is 2.50 bits per heavy atom. The quantitative estimate of drug-likeness (QED) is 0.752. The third-order valence-electron chi connectivity index (χ3n) is 2.10. The molecule has 2 unspecified atom stereocenters. The molecule has 0 aliphatic heterocycles. The van der Waals surface area contributed by atoms with Crippen LogP contribution in [0.15, 0.2) is 10.7 Å². The van der Waals surface area contributed by atoms with Gasteiger partial charge in [0.05, 0.1) is 12.3 Å². The van der Waals surface area contributed by atoms with E-state index in [2.05, 4.69) is 5.16 Å². The molecule has 1 aromatic heterocycles. The minimum absolute atomic E-state index is 0.165. The topological polar surface area (TPSA) is 72.3 Å². The summed E-state index contributed by atoms with van der Waals surface area (Å²) >= 11 is 0. The molecule has 1 aromatic rings. The molecule has 0 aliphatic rings. The van der Waals surface area contributed by atoms with E-state index < -0.39 is 6.10 Å². The molecule has 0 saturated heterocycles. The van der Waals surface area contributed by atoms with Crippen LogP contribution >= 0.6 is 0 Å². The first-order valence-electron chi connectivity index (χ1n) is 4.72. The van der Waals surface area contributed by atoms with Crippen LogP contribution in [0.25, 0.3) is 0 Å². The molecule has 14 heavy (non-hydrogen) atoms. The fourth-order valence-electron chi connectivity index (χ4n) is 1.31. The van der Waals surface area contributed by atoms with Crippen molar-refractivity contribution < 1.29 is 9.63 Å². The molecule has 0 bridgehead atoms. The van der Waals surface area contributed by atoms with Crippen molar-refractivity contribution in [2.75, 3.05) is 0 Å². The van der Waals surface area contributed by atoms with Gasteiger partial charge in [0, 0.05) is 17.0 Å². The molecule has 0 fully saturated rings.